The number of carbonyl (C=O) groups excluding carboxylic acids is 2. The van der Waals surface area contributed by atoms with Gasteiger partial charge >= 0.3 is 6.09 Å². The van der Waals surface area contributed by atoms with Gasteiger partial charge in [0, 0.05) is 26.1 Å². The van der Waals surface area contributed by atoms with Crippen LogP contribution in [0.1, 0.15) is 40.5 Å². The first kappa shape index (κ1) is 13.8. The molecule has 0 radical (unpaired) electrons. The number of hydrogen-bond acceptors (Lipinski definition) is 3. The first-order chi connectivity index (χ1) is 7.78. The van der Waals surface area contributed by atoms with Crippen LogP contribution >= 0.6 is 0 Å². The Labute approximate surface area is 102 Å². The summed E-state index contributed by atoms with van der Waals surface area (Å²) in [6.07, 6.45) is 1.51. The third-order valence-corrected chi connectivity index (χ3v) is 2.48. The fourth-order valence-corrected chi connectivity index (χ4v) is 1.87. The molecule has 2 amide bonds. The first-order valence-electron chi connectivity index (χ1n) is 6.03. The summed E-state index contributed by atoms with van der Waals surface area (Å²) < 4.78 is 5.30. The second-order valence-electron chi connectivity index (χ2n) is 5.47. The molecule has 1 fully saturated rings. The van der Waals surface area contributed by atoms with Crippen molar-refractivity contribution in [3.8, 4) is 0 Å². The molecule has 1 saturated heterocycles. The summed E-state index contributed by atoms with van der Waals surface area (Å²) in [6.45, 7) is 8.27. The van der Waals surface area contributed by atoms with Crippen LogP contribution in [-0.2, 0) is 9.53 Å². The summed E-state index contributed by atoms with van der Waals surface area (Å²) >= 11 is 0. The summed E-state index contributed by atoms with van der Waals surface area (Å²) in [5.74, 6) is -0.0546. The molecule has 5 nitrogen and oxygen atoms in total. The Balaban J connectivity index is 2.49. The van der Waals surface area contributed by atoms with Crippen molar-refractivity contribution in [2.24, 2.45) is 0 Å². The Bertz CT molecular complexity index is 297. The summed E-state index contributed by atoms with van der Waals surface area (Å²) in [5.41, 5.74) is -0.474. The highest BCUT2D eigenvalue weighted by atomic mass is 16.6. The number of hydrogen-bond donors (Lipinski definition) is 1. The van der Waals surface area contributed by atoms with Gasteiger partial charge in [0.1, 0.15) is 5.60 Å². The van der Waals surface area contributed by atoms with Gasteiger partial charge in [-0.1, -0.05) is 0 Å². The molecule has 0 saturated carbocycles. The highest BCUT2D eigenvalue weighted by Crippen LogP contribution is 2.15. The molecule has 1 aliphatic heterocycles. The summed E-state index contributed by atoms with van der Waals surface area (Å²) in [5, 5.41) is 2.84. The van der Waals surface area contributed by atoms with Gasteiger partial charge in [-0.2, -0.15) is 0 Å². The maximum atomic E-state index is 11.8. The van der Waals surface area contributed by atoms with Crippen LogP contribution in [0.2, 0.25) is 0 Å². The van der Waals surface area contributed by atoms with Gasteiger partial charge in [-0.05, 0) is 33.6 Å². The third kappa shape index (κ3) is 5.06. The van der Waals surface area contributed by atoms with E-state index in [1.807, 2.05) is 20.8 Å². The third-order valence-electron chi connectivity index (χ3n) is 2.48. The maximum absolute atomic E-state index is 11.8. The van der Waals surface area contributed by atoms with E-state index >= 15 is 0 Å². The molecule has 0 aromatic carbocycles. The van der Waals surface area contributed by atoms with E-state index in [-0.39, 0.29) is 18.0 Å². The molecule has 0 spiro atoms. The normalized spacial score (nSPS) is 20.9. The number of carbonyl (C=O) groups is 2. The van der Waals surface area contributed by atoms with Gasteiger partial charge in [0.2, 0.25) is 5.91 Å². The van der Waals surface area contributed by atoms with Gasteiger partial charge in [-0.15, -0.1) is 0 Å². The van der Waals surface area contributed by atoms with Gasteiger partial charge in [0.05, 0.1) is 0 Å². The highest BCUT2D eigenvalue weighted by molar-refractivity contribution is 5.73. The molecule has 1 unspecified atom stereocenters. The highest BCUT2D eigenvalue weighted by Gasteiger charge is 2.27. The lowest BCUT2D eigenvalue weighted by molar-refractivity contribution is -0.120. The Morgan fingerprint density at radius 2 is 2.00 bits per heavy atom. The van der Waals surface area contributed by atoms with E-state index in [2.05, 4.69) is 5.32 Å². The van der Waals surface area contributed by atoms with Gasteiger partial charge < -0.3 is 15.0 Å². The van der Waals surface area contributed by atoms with E-state index in [0.29, 0.717) is 13.1 Å². The SMILES string of the molecule is CC(=O)NC1CCCN(C(=O)OC(C)(C)C)C1. The van der Waals surface area contributed by atoms with Crippen molar-refractivity contribution in [2.45, 2.75) is 52.2 Å². The van der Waals surface area contributed by atoms with Gasteiger partial charge in [0.25, 0.3) is 0 Å². The molecule has 1 rings (SSSR count). The average molecular weight is 242 g/mol. The molecule has 1 aliphatic rings. The van der Waals surface area contributed by atoms with Crippen molar-refractivity contribution in [3.05, 3.63) is 0 Å². The van der Waals surface area contributed by atoms with E-state index in [1.54, 1.807) is 4.90 Å². The van der Waals surface area contributed by atoms with E-state index in [9.17, 15) is 9.59 Å². The predicted molar refractivity (Wildman–Crippen MR) is 64.6 cm³/mol. The van der Waals surface area contributed by atoms with Crippen LogP contribution in [0.15, 0.2) is 0 Å². The van der Waals surface area contributed by atoms with Crippen LogP contribution < -0.4 is 5.32 Å². The zero-order valence-corrected chi connectivity index (χ0v) is 11.1. The molecule has 0 aliphatic carbocycles. The molecule has 1 heterocycles. The topological polar surface area (TPSA) is 58.6 Å². The van der Waals surface area contributed by atoms with Gasteiger partial charge in [-0.25, -0.2) is 4.79 Å². The van der Waals surface area contributed by atoms with Crippen molar-refractivity contribution in [1.82, 2.24) is 10.2 Å². The predicted octanol–water partition coefficient (Wildman–Crippen LogP) is 1.52. The number of piperidine rings is 1. The largest absolute Gasteiger partial charge is 0.444 e. The average Bonchev–Trinajstić information content (AvgIpc) is 2.14. The number of amides is 2. The second kappa shape index (κ2) is 5.38. The molecule has 1 N–H and O–H groups in total. The molecule has 0 aromatic heterocycles. The Morgan fingerprint density at radius 1 is 1.35 bits per heavy atom. The standard InChI is InChI=1S/C12H22N2O3/c1-9(15)13-10-6-5-7-14(8-10)11(16)17-12(2,3)4/h10H,5-8H2,1-4H3,(H,13,15). The molecular weight excluding hydrogens is 220 g/mol. The zero-order chi connectivity index (χ0) is 13.1. The summed E-state index contributed by atoms with van der Waals surface area (Å²) in [4.78, 5) is 24.5. The lowest BCUT2D eigenvalue weighted by Crippen LogP contribution is -2.50. The zero-order valence-electron chi connectivity index (χ0n) is 11.1. The van der Waals surface area contributed by atoms with Crippen LogP contribution in [0, 0.1) is 0 Å². The van der Waals surface area contributed by atoms with Crippen LogP contribution in [-0.4, -0.2) is 41.6 Å². The summed E-state index contributed by atoms with van der Waals surface area (Å²) in [6, 6.07) is 0.0498. The minimum atomic E-state index is -0.474. The lowest BCUT2D eigenvalue weighted by atomic mass is 10.1. The van der Waals surface area contributed by atoms with E-state index in [0.717, 1.165) is 12.8 Å². The Hall–Kier alpha value is -1.26. The molecule has 98 valence electrons. The number of likely N-dealkylation sites (tertiary alicyclic amines) is 1. The lowest BCUT2D eigenvalue weighted by Gasteiger charge is -2.34. The smallest absolute Gasteiger partial charge is 0.410 e. The second-order valence-corrected chi connectivity index (χ2v) is 5.47. The molecule has 0 aromatic rings. The van der Waals surface area contributed by atoms with Crippen molar-refractivity contribution in [3.63, 3.8) is 0 Å². The van der Waals surface area contributed by atoms with Crippen molar-refractivity contribution in [1.29, 1.82) is 0 Å². The molecule has 0 bridgehead atoms. The molecule has 17 heavy (non-hydrogen) atoms. The Morgan fingerprint density at radius 3 is 2.53 bits per heavy atom. The number of nitrogens with one attached hydrogen (secondary N) is 1. The molecule has 5 heteroatoms. The maximum Gasteiger partial charge on any atom is 0.410 e. The van der Waals surface area contributed by atoms with E-state index in [4.69, 9.17) is 4.74 Å². The quantitative estimate of drug-likeness (QED) is 0.758. The van der Waals surface area contributed by atoms with Crippen molar-refractivity contribution in [2.75, 3.05) is 13.1 Å². The van der Waals surface area contributed by atoms with Crippen LogP contribution in [0.25, 0.3) is 0 Å². The number of nitrogens with zero attached hydrogens (tertiary/aromatic N) is 1. The van der Waals surface area contributed by atoms with Crippen molar-refractivity contribution >= 4 is 12.0 Å². The minimum Gasteiger partial charge on any atom is -0.444 e. The molecular formula is C12H22N2O3. The van der Waals surface area contributed by atoms with Crippen molar-refractivity contribution < 1.29 is 14.3 Å². The Kier molecular flexibility index (Phi) is 4.37. The van der Waals surface area contributed by atoms with Gasteiger partial charge in [0.15, 0.2) is 0 Å². The summed E-state index contributed by atoms with van der Waals surface area (Å²) in [7, 11) is 0. The van der Waals surface area contributed by atoms with E-state index in [1.165, 1.54) is 6.92 Å². The van der Waals surface area contributed by atoms with Crippen LogP contribution in [0.4, 0.5) is 4.79 Å². The fourth-order valence-electron chi connectivity index (χ4n) is 1.87. The number of rotatable bonds is 1. The minimum absolute atomic E-state index is 0.0498. The van der Waals surface area contributed by atoms with Crippen LogP contribution in [0.3, 0.4) is 0 Å². The fraction of sp³-hybridized carbons (Fsp3) is 0.833. The van der Waals surface area contributed by atoms with Gasteiger partial charge in [-0.3, -0.25) is 4.79 Å². The van der Waals surface area contributed by atoms with E-state index < -0.39 is 5.60 Å². The number of ether oxygens (including phenoxy) is 1. The molecule has 1 atom stereocenters. The first-order valence-corrected chi connectivity index (χ1v) is 6.03. The monoisotopic (exact) mass is 242 g/mol. The van der Waals surface area contributed by atoms with Crippen LogP contribution in [0.5, 0.6) is 0 Å².